The third kappa shape index (κ3) is 4.69. The Hall–Kier alpha value is -3.22. The predicted octanol–water partition coefficient (Wildman–Crippen LogP) is 3.61. The monoisotopic (exact) mass is 369 g/mol. The molecule has 0 saturated heterocycles. The molecule has 0 aliphatic carbocycles. The molecular formula is C20H20FN3O3. The van der Waals surface area contributed by atoms with Crippen LogP contribution in [0.15, 0.2) is 53.1 Å². The Morgan fingerprint density at radius 3 is 2.52 bits per heavy atom. The van der Waals surface area contributed by atoms with Crippen LogP contribution in [0.2, 0.25) is 0 Å². The molecule has 1 heterocycles. The molecule has 1 unspecified atom stereocenters. The van der Waals surface area contributed by atoms with Crippen molar-refractivity contribution in [2.75, 3.05) is 7.05 Å². The fraction of sp³-hybridized carbons (Fsp3) is 0.250. The van der Waals surface area contributed by atoms with E-state index in [-0.39, 0.29) is 18.3 Å². The van der Waals surface area contributed by atoms with Gasteiger partial charge in [-0.2, -0.15) is 4.98 Å². The quantitative estimate of drug-likeness (QED) is 0.664. The molecule has 1 aromatic heterocycles. The third-order valence-corrected chi connectivity index (χ3v) is 4.00. The van der Waals surface area contributed by atoms with Crippen molar-refractivity contribution in [3.05, 3.63) is 65.8 Å². The van der Waals surface area contributed by atoms with Crippen LogP contribution < -0.4 is 4.74 Å². The molecule has 2 aromatic carbocycles. The molecule has 27 heavy (non-hydrogen) atoms. The molecule has 0 bridgehead atoms. The van der Waals surface area contributed by atoms with E-state index in [0.717, 1.165) is 11.1 Å². The standard InChI is InChI=1S/C20H20FN3O3/c1-13-4-6-15(7-5-13)19-22-18(27-23-19)12-24(3)20(25)14(2)26-17-10-8-16(21)9-11-17/h4-11,14H,12H2,1-3H3. The second kappa shape index (κ2) is 7.99. The molecule has 3 aromatic rings. The molecule has 0 saturated carbocycles. The molecule has 1 atom stereocenters. The van der Waals surface area contributed by atoms with E-state index in [1.807, 2.05) is 31.2 Å². The van der Waals surface area contributed by atoms with Gasteiger partial charge in [0.25, 0.3) is 5.91 Å². The van der Waals surface area contributed by atoms with Crippen LogP contribution in [0.3, 0.4) is 0 Å². The molecule has 0 radical (unpaired) electrons. The van der Waals surface area contributed by atoms with Gasteiger partial charge in [0.2, 0.25) is 11.7 Å². The van der Waals surface area contributed by atoms with E-state index < -0.39 is 6.10 Å². The second-order valence-electron chi connectivity index (χ2n) is 6.29. The number of rotatable bonds is 6. The Bertz CT molecular complexity index is 907. The highest BCUT2D eigenvalue weighted by molar-refractivity contribution is 5.80. The Morgan fingerprint density at radius 2 is 1.85 bits per heavy atom. The Balaban J connectivity index is 1.60. The predicted molar refractivity (Wildman–Crippen MR) is 97.4 cm³/mol. The van der Waals surface area contributed by atoms with Gasteiger partial charge in [-0.15, -0.1) is 0 Å². The van der Waals surface area contributed by atoms with E-state index in [2.05, 4.69) is 10.1 Å². The highest BCUT2D eigenvalue weighted by Crippen LogP contribution is 2.18. The molecule has 140 valence electrons. The van der Waals surface area contributed by atoms with Gasteiger partial charge in [-0.25, -0.2) is 4.39 Å². The molecule has 0 fully saturated rings. The van der Waals surface area contributed by atoms with Crippen molar-refractivity contribution < 1.29 is 18.4 Å². The number of carbonyl (C=O) groups excluding carboxylic acids is 1. The number of aryl methyl sites for hydroxylation is 1. The maximum Gasteiger partial charge on any atom is 0.263 e. The minimum atomic E-state index is -0.736. The van der Waals surface area contributed by atoms with Gasteiger partial charge < -0.3 is 14.2 Å². The van der Waals surface area contributed by atoms with E-state index in [1.165, 1.54) is 29.2 Å². The number of likely N-dealkylation sites (N-methyl/N-ethyl adjacent to an activating group) is 1. The first kappa shape index (κ1) is 18.6. The molecule has 0 spiro atoms. The lowest BCUT2D eigenvalue weighted by molar-refractivity contribution is -0.137. The molecule has 1 amide bonds. The summed E-state index contributed by atoms with van der Waals surface area (Å²) in [6.07, 6.45) is -0.736. The number of amides is 1. The smallest absolute Gasteiger partial charge is 0.263 e. The van der Waals surface area contributed by atoms with E-state index in [0.29, 0.717) is 17.5 Å². The summed E-state index contributed by atoms with van der Waals surface area (Å²) in [7, 11) is 1.63. The summed E-state index contributed by atoms with van der Waals surface area (Å²) in [5, 5.41) is 3.96. The first-order valence-electron chi connectivity index (χ1n) is 8.49. The lowest BCUT2D eigenvalue weighted by Gasteiger charge is -2.20. The molecule has 0 aliphatic heterocycles. The largest absolute Gasteiger partial charge is 0.481 e. The molecule has 0 N–H and O–H groups in total. The average Bonchev–Trinajstić information content (AvgIpc) is 3.12. The van der Waals surface area contributed by atoms with E-state index in [9.17, 15) is 9.18 Å². The van der Waals surface area contributed by atoms with Gasteiger partial charge in [0.15, 0.2) is 6.10 Å². The van der Waals surface area contributed by atoms with Crippen molar-refractivity contribution in [2.24, 2.45) is 0 Å². The Kier molecular flexibility index (Phi) is 5.49. The lowest BCUT2D eigenvalue weighted by atomic mass is 10.1. The topological polar surface area (TPSA) is 68.5 Å². The van der Waals surface area contributed by atoms with Gasteiger partial charge in [0, 0.05) is 12.6 Å². The molecule has 7 heteroatoms. The first-order chi connectivity index (χ1) is 12.9. The van der Waals surface area contributed by atoms with Gasteiger partial charge in [0.05, 0.1) is 6.54 Å². The second-order valence-corrected chi connectivity index (χ2v) is 6.29. The maximum atomic E-state index is 12.9. The number of benzene rings is 2. The van der Waals surface area contributed by atoms with Gasteiger partial charge in [-0.3, -0.25) is 4.79 Å². The summed E-state index contributed by atoms with van der Waals surface area (Å²) >= 11 is 0. The zero-order valence-electron chi connectivity index (χ0n) is 15.3. The average molecular weight is 369 g/mol. The summed E-state index contributed by atoms with van der Waals surface area (Å²) in [6, 6.07) is 13.3. The Labute approximate surface area is 156 Å². The minimum absolute atomic E-state index is 0.162. The van der Waals surface area contributed by atoms with E-state index in [1.54, 1.807) is 14.0 Å². The number of hydrogen-bond acceptors (Lipinski definition) is 5. The fourth-order valence-corrected chi connectivity index (χ4v) is 2.50. The maximum absolute atomic E-state index is 12.9. The van der Waals surface area contributed by atoms with Crippen molar-refractivity contribution in [1.82, 2.24) is 15.0 Å². The van der Waals surface area contributed by atoms with Crippen LogP contribution in [-0.2, 0) is 11.3 Å². The number of aromatic nitrogens is 2. The molecule has 6 nitrogen and oxygen atoms in total. The Morgan fingerprint density at radius 1 is 1.19 bits per heavy atom. The zero-order valence-corrected chi connectivity index (χ0v) is 15.3. The van der Waals surface area contributed by atoms with Gasteiger partial charge in [-0.05, 0) is 38.1 Å². The number of ether oxygens (including phenoxy) is 1. The number of carbonyl (C=O) groups is 1. The van der Waals surface area contributed by atoms with Crippen molar-refractivity contribution >= 4 is 5.91 Å². The SMILES string of the molecule is Cc1ccc(-c2noc(CN(C)C(=O)C(C)Oc3ccc(F)cc3)n2)cc1. The molecular weight excluding hydrogens is 349 g/mol. The molecule has 0 aliphatic rings. The van der Waals surface area contributed by atoms with Crippen LogP contribution >= 0.6 is 0 Å². The summed E-state index contributed by atoms with van der Waals surface area (Å²) in [6.45, 7) is 3.80. The summed E-state index contributed by atoms with van der Waals surface area (Å²) in [4.78, 5) is 18.2. The van der Waals surface area contributed by atoms with Crippen LogP contribution in [0, 0.1) is 12.7 Å². The van der Waals surface area contributed by atoms with Gasteiger partial charge >= 0.3 is 0 Å². The van der Waals surface area contributed by atoms with Crippen LogP contribution in [-0.4, -0.2) is 34.1 Å². The van der Waals surface area contributed by atoms with Crippen molar-refractivity contribution in [1.29, 1.82) is 0 Å². The minimum Gasteiger partial charge on any atom is -0.481 e. The number of halogens is 1. The van der Waals surface area contributed by atoms with Crippen molar-refractivity contribution in [3.63, 3.8) is 0 Å². The first-order valence-corrected chi connectivity index (χ1v) is 8.49. The molecule has 3 rings (SSSR count). The summed E-state index contributed by atoms with van der Waals surface area (Å²) in [5.74, 6) is 0.607. The lowest BCUT2D eigenvalue weighted by Crippen LogP contribution is -2.37. The van der Waals surface area contributed by atoms with Crippen LogP contribution in [0.5, 0.6) is 5.75 Å². The summed E-state index contributed by atoms with van der Waals surface area (Å²) in [5.41, 5.74) is 1.99. The van der Waals surface area contributed by atoms with Gasteiger partial charge in [-0.1, -0.05) is 35.0 Å². The van der Waals surface area contributed by atoms with Crippen LogP contribution in [0.1, 0.15) is 18.4 Å². The number of hydrogen-bond donors (Lipinski definition) is 0. The fourth-order valence-electron chi connectivity index (χ4n) is 2.50. The van der Waals surface area contributed by atoms with E-state index >= 15 is 0 Å². The third-order valence-electron chi connectivity index (χ3n) is 4.00. The summed E-state index contributed by atoms with van der Waals surface area (Å²) < 4.78 is 23.7. The van der Waals surface area contributed by atoms with Crippen molar-refractivity contribution in [3.8, 4) is 17.1 Å². The van der Waals surface area contributed by atoms with Crippen LogP contribution in [0.25, 0.3) is 11.4 Å². The van der Waals surface area contributed by atoms with Crippen LogP contribution in [0.4, 0.5) is 4.39 Å². The van der Waals surface area contributed by atoms with Crippen molar-refractivity contribution in [2.45, 2.75) is 26.5 Å². The zero-order chi connectivity index (χ0) is 19.4. The van der Waals surface area contributed by atoms with E-state index in [4.69, 9.17) is 9.26 Å². The highest BCUT2D eigenvalue weighted by atomic mass is 19.1. The highest BCUT2D eigenvalue weighted by Gasteiger charge is 2.21. The number of nitrogens with zero attached hydrogens (tertiary/aromatic N) is 3. The normalized spacial score (nSPS) is 11.9. The van der Waals surface area contributed by atoms with Gasteiger partial charge in [0.1, 0.15) is 11.6 Å².